The lowest BCUT2D eigenvalue weighted by Crippen LogP contribution is -2.62. The maximum absolute atomic E-state index is 13.4. The zero-order valence-electron chi connectivity index (χ0n) is 21.2. The predicted molar refractivity (Wildman–Crippen MR) is 122 cm³/mol. The van der Waals surface area contributed by atoms with E-state index < -0.39 is 66.6 Å². The number of carbonyl (C=O) groups is 4. The van der Waals surface area contributed by atoms with Gasteiger partial charge < -0.3 is 33.7 Å². The van der Waals surface area contributed by atoms with Crippen LogP contribution in [0.3, 0.4) is 0 Å². The molecule has 1 amide bonds. The molecule has 1 aromatic heterocycles. The number of nitrogens with zero attached hydrogens (tertiary/aromatic N) is 1. The van der Waals surface area contributed by atoms with Crippen molar-refractivity contribution in [2.75, 3.05) is 13.9 Å². The molecule has 1 saturated heterocycles. The molecule has 12 nitrogen and oxygen atoms in total. The third-order valence-corrected chi connectivity index (χ3v) is 5.80. The topological polar surface area (TPSA) is 149 Å². The lowest BCUT2D eigenvalue weighted by atomic mass is 9.92. The molecular formula is C24H32N2O10. The Morgan fingerprint density at radius 1 is 1.19 bits per heavy atom. The fourth-order valence-electron chi connectivity index (χ4n) is 4.05. The summed E-state index contributed by atoms with van der Waals surface area (Å²) in [6.45, 7) is 7.98. The summed E-state index contributed by atoms with van der Waals surface area (Å²) in [6.07, 6.45) is -2.67. The highest BCUT2D eigenvalue weighted by atomic mass is 16.7. The van der Waals surface area contributed by atoms with E-state index in [9.17, 15) is 19.2 Å². The second kappa shape index (κ2) is 11.1. The van der Waals surface area contributed by atoms with E-state index in [4.69, 9.17) is 28.4 Å². The Morgan fingerprint density at radius 3 is 2.56 bits per heavy atom. The van der Waals surface area contributed by atoms with Gasteiger partial charge in [-0.2, -0.15) is 0 Å². The summed E-state index contributed by atoms with van der Waals surface area (Å²) in [6, 6.07) is 1.51. The van der Waals surface area contributed by atoms with Gasteiger partial charge in [0.05, 0.1) is 19.4 Å². The predicted octanol–water partition coefficient (Wildman–Crippen LogP) is 1.74. The summed E-state index contributed by atoms with van der Waals surface area (Å²) >= 11 is 0. The number of rotatable bonds is 4. The maximum atomic E-state index is 13.4. The van der Waals surface area contributed by atoms with Crippen LogP contribution in [0.15, 0.2) is 12.3 Å². The van der Waals surface area contributed by atoms with Gasteiger partial charge in [-0.1, -0.05) is 27.7 Å². The van der Waals surface area contributed by atoms with Crippen molar-refractivity contribution in [3.63, 3.8) is 0 Å². The first-order chi connectivity index (χ1) is 17.0. The number of ether oxygens (including phenoxy) is 6. The number of pyridine rings is 1. The van der Waals surface area contributed by atoms with Crippen LogP contribution in [0.1, 0.15) is 57.9 Å². The number of methoxy groups -OCH3 is 1. The average molecular weight is 509 g/mol. The monoisotopic (exact) mass is 508 g/mol. The molecule has 3 rings (SSSR count). The van der Waals surface area contributed by atoms with Gasteiger partial charge in [0, 0.05) is 12.3 Å². The van der Waals surface area contributed by atoms with E-state index in [1.54, 1.807) is 27.7 Å². The van der Waals surface area contributed by atoms with Gasteiger partial charge in [-0.15, -0.1) is 0 Å². The fourth-order valence-corrected chi connectivity index (χ4v) is 4.05. The van der Waals surface area contributed by atoms with Crippen molar-refractivity contribution >= 4 is 23.8 Å². The van der Waals surface area contributed by atoms with Crippen LogP contribution in [0.4, 0.5) is 0 Å². The smallest absolute Gasteiger partial charge is 0.312 e. The van der Waals surface area contributed by atoms with Gasteiger partial charge in [-0.05, 0) is 12.8 Å². The number of hydrogen-bond acceptors (Lipinski definition) is 11. The molecule has 0 aliphatic carbocycles. The van der Waals surface area contributed by atoms with E-state index in [0.717, 1.165) is 0 Å². The van der Waals surface area contributed by atoms with Gasteiger partial charge in [0.25, 0.3) is 5.91 Å². The first kappa shape index (κ1) is 27.2. The summed E-state index contributed by atoms with van der Waals surface area (Å²) in [7, 11) is 1.41. The molecular weight excluding hydrogens is 476 g/mol. The van der Waals surface area contributed by atoms with Gasteiger partial charge in [0.1, 0.15) is 24.7 Å². The Morgan fingerprint density at radius 2 is 1.92 bits per heavy atom. The first-order valence-corrected chi connectivity index (χ1v) is 11.7. The van der Waals surface area contributed by atoms with E-state index in [1.165, 1.54) is 26.3 Å². The standard InChI is InChI=1S/C24H32N2O10/c1-12(2)21-24(26-22(29)19-20(32-11-33-21)15(31-6)7-8-25-19)10-18(28)34-14(5)16(9-17(27)36-24)35-23(30)13(3)4/h7-8,12-14,16,21H,9-11H2,1-6H3,(H,26,29). The van der Waals surface area contributed by atoms with Crippen LogP contribution in [-0.2, 0) is 33.3 Å². The van der Waals surface area contributed by atoms with Gasteiger partial charge >= 0.3 is 17.9 Å². The molecule has 1 spiro atoms. The SMILES string of the molecule is COc1ccnc2c1OCOC(C(C)C)C1(CC(=O)OC(C)C(OC(=O)C(C)C)CC(=O)O1)NC2=O. The van der Waals surface area contributed by atoms with E-state index in [2.05, 4.69) is 10.3 Å². The number of fused-ring (bicyclic) bond motifs is 1. The quantitative estimate of drug-likeness (QED) is 0.468. The normalized spacial score (nSPS) is 27.1. The van der Waals surface area contributed by atoms with Crippen molar-refractivity contribution < 1.29 is 47.6 Å². The van der Waals surface area contributed by atoms with E-state index in [-0.39, 0.29) is 29.9 Å². The summed E-state index contributed by atoms with van der Waals surface area (Å²) in [5.74, 6) is -3.51. The number of aromatic nitrogens is 1. The van der Waals surface area contributed by atoms with Crippen LogP contribution in [0.5, 0.6) is 11.5 Å². The van der Waals surface area contributed by atoms with E-state index in [0.29, 0.717) is 0 Å². The number of nitrogens with one attached hydrogen (secondary N) is 1. The van der Waals surface area contributed by atoms with Crippen molar-refractivity contribution in [3.8, 4) is 11.5 Å². The third-order valence-electron chi connectivity index (χ3n) is 5.80. The molecule has 198 valence electrons. The highest BCUT2D eigenvalue weighted by Crippen LogP contribution is 2.35. The van der Waals surface area contributed by atoms with E-state index >= 15 is 0 Å². The van der Waals surface area contributed by atoms with Crippen LogP contribution in [0, 0.1) is 11.8 Å². The molecule has 4 unspecified atom stereocenters. The van der Waals surface area contributed by atoms with Gasteiger partial charge in [-0.3, -0.25) is 19.2 Å². The van der Waals surface area contributed by atoms with Crippen LogP contribution >= 0.6 is 0 Å². The number of hydrogen-bond donors (Lipinski definition) is 1. The van der Waals surface area contributed by atoms with Gasteiger partial charge in [-0.25, -0.2) is 4.98 Å². The number of carbonyl (C=O) groups excluding carboxylic acids is 4. The maximum Gasteiger partial charge on any atom is 0.312 e. The summed E-state index contributed by atoms with van der Waals surface area (Å²) in [5.41, 5.74) is -2.12. The summed E-state index contributed by atoms with van der Waals surface area (Å²) in [5, 5.41) is 2.64. The Kier molecular flexibility index (Phi) is 8.39. The Hall–Kier alpha value is -3.41. The third kappa shape index (κ3) is 5.86. The largest absolute Gasteiger partial charge is 0.493 e. The highest BCUT2D eigenvalue weighted by molar-refractivity contribution is 5.96. The molecule has 36 heavy (non-hydrogen) atoms. The molecule has 1 fully saturated rings. The van der Waals surface area contributed by atoms with Crippen molar-refractivity contribution in [1.82, 2.24) is 10.3 Å². The molecule has 2 aliphatic heterocycles. The summed E-state index contributed by atoms with van der Waals surface area (Å²) < 4.78 is 33.5. The zero-order chi connectivity index (χ0) is 26.6. The van der Waals surface area contributed by atoms with Crippen LogP contribution in [0.25, 0.3) is 0 Å². The Bertz CT molecular complexity index is 1010. The second-order valence-corrected chi connectivity index (χ2v) is 9.31. The molecule has 1 aromatic rings. The molecule has 3 heterocycles. The Labute approximate surface area is 208 Å². The zero-order valence-corrected chi connectivity index (χ0v) is 21.2. The minimum Gasteiger partial charge on any atom is -0.493 e. The molecule has 1 N–H and O–H groups in total. The molecule has 2 aliphatic rings. The van der Waals surface area contributed by atoms with Gasteiger partial charge in [0.2, 0.25) is 5.72 Å². The number of amides is 1. The number of cyclic esters (lactones) is 1. The van der Waals surface area contributed by atoms with Crippen molar-refractivity contribution in [1.29, 1.82) is 0 Å². The van der Waals surface area contributed by atoms with Gasteiger partial charge in [0.15, 0.2) is 24.0 Å². The minimum absolute atomic E-state index is 0.0308. The molecule has 0 radical (unpaired) electrons. The minimum atomic E-state index is -1.97. The highest BCUT2D eigenvalue weighted by Gasteiger charge is 2.51. The fraction of sp³-hybridized carbons (Fsp3) is 0.625. The first-order valence-electron chi connectivity index (χ1n) is 11.7. The van der Waals surface area contributed by atoms with Crippen molar-refractivity contribution in [3.05, 3.63) is 18.0 Å². The molecule has 0 aromatic carbocycles. The van der Waals surface area contributed by atoms with Crippen LogP contribution in [0.2, 0.25) is 0 Å². The van der Waals surface area contributed by atoms with Crippen LogP contribution < -0.4 is 14.8 Å². The number of esters is 3. The lowest BCUT2D eigenvalue weighted by Gasteiger charge is -2.40. The van der Waals surface area contributed by atoms with Crippen LogP contribution in [-0.4, -0.2) is 66.7 Å². The molecule has 0 bridgehead atoms. The molecule has 12 heteroatoms. The van der Waals surface area contributed by atoms with Crippen molar-refractivity contribution in [2.45, 2.75) is 71.5 Å². The Balaban J connectivity index is 2.03. The second-order valence-electron chi connectivity index (χ2n) is 9.31. The lowest BCUT2D eigenvalue weighted by molar-refractivity contribution is -0.205. The van der Waals surface area contributed by atoms with E-state index in [1.807, 2.05) is 0 Å². The average Bonchev–Trinajstić information content (AvgIpc) is 2.87. The van der Waals surface area contributed by atoms with Crippen molar-refractivity contribution in [2.24, 2.45) is 11.8 Å². The molecule has 0 saturated carbocycles. The molecule has 4 atom stereocenters. The summed E-state index contributed by atoms with van der Waals surface area (Å²) in [4.78, 5) is 55.8.